The summed E-state index contributed by atoms with van der Waals surface area (Å²) in [5.74, 6) is 1.83. The monoisotopic (exact) mass is 403 g/mol. The lowest BCUT2D eigenvalue weighted by Crippen LogP contribution is -2.27. The molecule has 0 bridgehead atoms. The van der Waals surface area contributed by atoms with Crippen LogP contribution in [0.4, 0.5) is 17.5 Å². The van der Waals surface area contributed by atoms with Gasteiger partial charge in [0.2, 0.25) is 11.9 Å². The standard InChI is InChI=1S/C23H25N5O2/c1-17-16-21(27-19-9-11-20(30-2)12-10-19)28-23(26-17)25-15-14-24-22(29)13-8-18-6-4-3-5-7-18/h3-13,16H,14-15H2,1-2H3,(H,24,29)(H2,25,26,27,28)/b13-8+. The predicted molar refractivity (Wildman–Crippen MR) is 120 cm³/mol. The van der Waals surface area contributed by atoms with Crippen LogP contribution >= 0.6 is 0 Å². The van der Waals surface area contributed by atoms with E-state index in [-0.39, 0.29) is 5.91 Å². The van der Waals surface area contributed by atoms with Crippen LogP contribution in [0.2, 0.25) is 0 Å². The van der Waals surface area contributed by atoms with Crippen LogP contribution in [0.25, 0.3) is 6.08 Å². The highest BCUT2D eigenvalue weighted by molar-refractivity contribution is 5.91. The normalized spacial score (nSPS) is 10.6. The highest BCUT2D eigenvalue weighted by Crippen LogP contribution is 2.19. The molecule has 1 heterocycles. The molecule has 0 atom stereocenters. The fraction of sp³-hybridized carbons (Fsp3) is 0.174. The minimum atomic E-state index is -0.146. The second-order valence-electron chi connectivity index (χ2n) is 6.53. The van der Waals surface area contributed by atoms with Crippen molar-refractivity contribution in [3.8, 4) is 5.75 Å². The number of methoxy groups -OCH3 is 1. The van der Waals surface area contributed by atoms with Gasteiger partial charge in [-0.2, -0.15) is 4.98 Å². The molecular formula is C23H25N5O2. The highest BCUT2D eigenvalue weighted by Gasteiger charge is 2.03. The SMILES string of the molecule is COc1ccc(Nc2cc(C)nc(NCCNC(=O)/C=C/c3ccccc3)n2)cc1. The summed E-state index contributed by atoms with van der Waals surface area (Å²) in [7, 11) is 1.64. The average molecular weight is 403 g/mol. The van der Waals surface area contributed by atoms with Gasteiger partial charge in [0.1, 0.15) is 11.6 Å². The number of benzene rings is 2. The lowest BCUT2D eigenvalue weighted by atomic mass is 10.2. The maximum atomic E-state index is 11.9. The largest absolute Gasteiger partial charge is 0.497 e. The lowest BCUT2D eigenvalue weighted by molar-refractivity contribution is -0.116. The first-order valence-corrected chi connectivity index (χ1v) is 9.64. The number of anilines is 3. The van der Waals surface area contributed by atoms with Crippen LogP contribution in [0, 0.1) is 6.92 Å². The van der Waals surface area contributed by atoms with E-state index in [2.05, 4.69) is 25.9 Å². The summed E-state index contributed by atoms with van der Waals surface area (Å²) in [6.45, 7) is 2.87. The molecule has 0 saturated heterocycles. The van der Waals surface area contributed by atoms with Crippen LogP contribution in [0.1, 0.15) is 11.3 Å². The van der Waals surface area contributed by atoms with Crippen molar-refractivity contribution in [1.82, 2.24) is 15.3 Å². The van der Waals surface area contributed by atoms with Crippen molar-refractivity contribution in [2.24, 2.45) is 0 Å². The summed E-state index contributed by atoms with van der Waals surface area (Å²) in [4.78, 5) is 20.8. The van der Waals surface area contributed by atoms with Crippen LogP contribution in [0.5, 0.6) is 5.75 Å². The van der Waals surface area contributed by atoms with Crippen molar-refractivity contribution in [2.45, 2.75) is 6.92 Å². The summed E-state index contributed by atoms with van der Waals surface area (Å²) >= 11 is 0. The van der Waals surface area contributed by atoms with E-state index in [0.29, 0.717) is 24.9 Å². The Hall–Kier alpha value is -3.87. The number of nitrogens with one attached hydrogen (secondary N) is 3. The van der Waals surface area contributed by atoms with Crippen molar-refractivity contribution in [3.05, 3.63) is 78.0 Å². The Morgan fingerprint density at radius 1 is 1.03 bits per heavy atom. The molecule has 3 rings (SSSR count). The molecule has 3 N–H and O–H groups in total. The van der Waals surface area contributed by atoms with Gasteiger partial charge in [-0.25, -0.2) is 4.98 Å². The number of rotatable bonds is 9. The summed E-state index contributed by atoms with van der Waals surface area (Å²) in [5.41, 5.74) is 2.71. The fourth-order valence-electron chi connectivity index (χ4n) is 2.69. The second kappa shape index (κ2) is 10.6. The molecule has 0 fully saturated rings. The third-order valence-corrected chi connectivity index (χ3v) is 4.15. The molecule has 0 radical (unpaired) electrons. The van der Waals surface area contributed by atoms with E-state index in [1.165, 1.54) is 6.08 Å². The van der Waals surface area contributed by atoms with E-state index >= 15 is 0 Å². The number of hydrogen-bond donors (Lipinski definition) is 3. The smallest absolute Gasteiger partial charge is 0.244 e. The van der Waals surface area contributed by atoms with Gasteiger partial charge < -0.3 is 20.7 Å². The zero-order valence-corrected chi connectivity index (χ0v) is 17.1. The quantitative estimate of drug-likeness (QED) is 0.372. The second-order valence-corrected chi connectivity index (χ2v) is 6.53. The Morgan fingerprint density at radius 3 is 2.53 bits per heavy atom. The molecule has 0 aliphatic carbocycles. The Balaban J connectivity index is 1.48. The zero-order chi connectivity index (χ0) is 21.2. The van der Waals surface area contributed by atoms with Crippen LogP contribution in [0.15, 0.2) is 66.7 Å². The molecule has 0 unspecified atom stereocenters. The molecule has 0 aliphatic rings. The van der Waals surface area contributed by atoms with E-state index in [4.69, 9.17) is 4.74 Å². The minimum absolute atomic E-state index is 0.146. The maximum Gasteiger partial charge on any atom is 0.244 e. The summed E-state index contributed by atoms with van der Waals surface area (Å²) in [5, 5.41) is 9.22. The van der Waals surface area contributed by atoms with Gasteiger partial charge in [-0.05, 0) is 42.8 Å². The first kappa shape index (κ1) is 20.9. The van der Waals surface area contributed by atoms with Crippen LogP contribution in [-0.4, -0.2) is 36.1 Å². The van der Waals surface area contributed by atoms with Gasteiger partial charge in [0.25, 0.3) is 0 Å². The number of carbonyl (C=O) groups is 1. The van der Waals surface area contributed by atoms with Gasteiger partial charge in [-0.1, -0.05) is 30.3 Å². The molecule has 30 heavy (non-hydrogen) atoms. The Labute approximate surface area is 176 Å². The van der Waals surface area contributed by atoms with Gasteiger partial charge in [-0.3, -0.25) is 4.79 Å². The Morgan fingerprint density at radius 2 is 1.80 bits per heavy atom. The molecule has 0 spiro atoms. The van der Waals surface area contributed by atoms with Gasteiger partial charge in [0, 0.05) is 36.6 Å². The number of nitrogens with zero attached hydrogens (tertiary/aromatic N) is 2. The molecule has 0 aliphatic heterocycles. The van der Waals surface area contributed by atoms with Crippen molar-refractivity contribution in [2.75, 3.05) is 30.8 Å². The maximum absolute atomic E-state index is 11.9. The average Bonchev–Trinajstić information content (AvgIpc) is 2.76. The highest BCUT2D eigenvalue weighted by atomic mass is 16.5. The number of aryl methyl sites for hydroxylation is 1. The molecule has 7 nitrogen and oxygen atoms in total. The first-order valence-electron chi connectivity index (χ1n) is 9.64. The van der Waals surface area contributed by atoms with Gasteiger partial charge >= 0.3 is 0 Å². The molecular weight excluding hydrogens is 378 g/mol. The first-order chi connectivity index (χ1) is 14.6. The fourth-order valence-corrected chi connectivity index (χ4v) is 2.69. The molecule has 7 heteroatoms. The van der Waals surface area contributed by atoms with E-state index in [1.54, 1.807) is 13.2 Å². The van der Waals surface area contributed by atoms with Crippen LogP contribution in [-0.2, 0) is 4.79 Å². The molecule has 1 aromatic heterocycles. The minimum Gasteiger partial charge on any atom is -0.497 e. The third-order valence-electron chi connectivity index (χ3n) is 4.15. The van der Waals surface area contributed by atoms with Crippen LogP contribution < -0.4 is 20.7 Å². The molecule has 3 aromatic rings. The molecule has 0 saturated carbocycles. The van der Waals surface area contributed by atoms with E-state index in [9.17, 15) is 4.79 Å². The number of amides is 1. The summed E-state index contributed by atoms with van der Waals surface area (Å²) in [6, 6.07) is 19.1. The zero-order valence-electron chi connectivity index (χ0n) is 17.1. The number of hydrogen-bond acceptors (Lipinski definition) is 6. The number of aromatic nitrogens is 2. The molecule has 154 valence electrons. The molecule has 2 aromatic carbocycles. The molecule has 1 amide bonds. The number of ether oxygens (including phenoxy) is 1. The summed E-state index contributed by atoms with van der Waals surface area (Å²) in [6.07, 6.45) is 3.30. The van der Waals surface area contributed by atoms with Gasteiger partial charge in [0.05, 0.1) is 7.11 Å². The predicted octanol–water partition coefficient (Wildman–Crippen LogP) is 3.78. The van der Waals surface area contributed by atoms with Crippen LogP contribution in [0.3, 0.4) is 0 Å². The van der Waals surface area contributed by atoms with Gasteiger partial charge in [0.15, 0.2) is 0 Å². The van der Waals surface area contributed by atoms with E-state index in [0.717, 1.165) is 22.7 Å². The van der Waals surface area contributed by atoms with E-state index in [1.807, 2.05) is 67.6 Å². The van der Waals surface area contributed by atoms with Crippen molar-refractivity contribution in [1.29, 1.82) is 0 Å². The van der Waals surface area contributed by atoms with Gasteiger partial charge in [-0.15, -0.1) is 0 Å². The Kier molecular flexibility index (Phi) is 7.38. The third kappa shape index (κ3) is 6.63. The Bertz CT molecular complexity index is 988. The lowest BCUT2D eigenvalue weighted by Gasteiger charge is -2.10. The van der Waals surface area contributed by atoms with Crippen molar-refractivity contribution < 1.29 is 9.53 Å². The summed E-state index contributed by atoms with van der Waals surface area (Å²) < 4.78 is 5.17. The van der Waals surface area contributed by atoms with Crippen molar-refractivity contribution >= 4 is 29.4 Å². The topological polar surface area (TPSA) is 88.2 Å². The van der Waals surface area contributed by atoms with Crippen molar-refractivity contribution in [3.63, 3.8) is 0 Å². The van der Waals surface area contributed by atoms with E-state index < -0.39 is 0 Å². The number of carbonyl (C=O) groups excluding carboxylic acids is 1.